The minimum atomic E-state index is -0.141. The third-order valence-electron chi connectivity index (χ3n) is 1.63. The maximum absolute atomic E-state index is 10.9. The number of likely N-dealkylation sites (N-methyl/N-ethyl adjacent to an activating group) is 1. The van der Waals surface area contributed by atoms with E-state index in [2.05, 4.69) is 15.6 Å². The molecule has 1 rings (SSSR count). The van der Waals surface area contributed by atoms with Gasteiger partial charge in [0.05, 0.1) is 12.2 Å². The summed E-state index contributed by atoms with van der Waals surface area (Å²) in [4.78, 5) is 14.8. The van der Waals surface area contributed by atoms with E-state index in [-0.39, 0.29) is 18.1 Å². The Balaban J connectivity index is 2.68. The molecule has 2 N–H and O–H groups in total. The Morgan fingerprint density at radius 2 is 2.50 bits per heavy atom. The van der Waals surface area contributed by atoms with Crippen LogP contribution in [-0.2, 0) is 4.79 Å². The zero-order valence-corrected chi connectivity index (χ0v) is 7.74. The Bertz CT molecular complexity index is 369. The number of nitrogens with one attached hydrogen (secondary N) is 2. The first kappa shape index (κ1) is 9.99. The van der Waals surface area contributed by atoms with E-state index in [0.717, 1.165) is 0 Å². The van der Waals surface area contributed by atoms with Gasteiger partial charge in [0.2, 0.25) is 5.91 Å². The van der Waals surface area contributed by atoms with Crippen LogP contribution in [0.5, 0.6) is 0 Å². The third kappa shape index (κ3) is 2.45. The first-order valence-electron chi connectivity index (χ1n) is 4.07. The van der Waals surface area contributed by atoms with E-state index in [1.807, 2.05) is 6.07 Å². The van der Waals surface area contributed by atoms with Crippen molar-refractivity contribution in [1.82, 2.24) is 10.3 Å². The van der Waals surface area contributed by atoms with Gasteiger partial charge < -0.3 is 10.6 Å². The number of hydrogen-bond acceptors (Lipinski definition) is 4. The standard InChI is InChI=1S/C9H10N4O/c1-11-9(14)6-13-7-3-2-4-12-8(7)5-10/h2-4,13H,6H2,1H3,(H,11,14). The van der Waals surface area contributed by atoms with E-state index in [0.29, 0.717) is 5.69 Å². The van der Waals surface area contributed by atoms with Crippen LogP contribution in [0.4, 0.5) is 5.69 Å². The lowest BCUT2D eigenvalue weighted by atomic mass is 10.3. The summed E-state index contributed by atoms with van der Waals surface area (Å²) in [5.74, 6) is -0.141. The predicted molar refractivity (Wildman–Crippen MR) is 51.5 cm³/mol. The Labute approximate surface area is 81.8 Å². The zero-order valence-electron chi connectivity index (χ0n) is 7.74. The van der Waals surface area contributed by atoms with Crippen LogP contribution in [0, 0.1) is 11.3 Å². The number of pyridine rings is 1. The normalized spacial score (nSPS) is 8.86. The molecule has 5 heteroatoms. The number of amides is 1. The second-order valence-electron chi connectivity index (χ2n) is 2.54. The van der Waals surface area contributed by atoms with Gasteiger partial charge in [-0.25, -0.2) is 4.98 Å². The maximum Gasteiger partial charge on any atom is 0.239 e. The minimum Gasteiger partial charge on any atom is -0.374 e. The van der Waals surface area contributed by atoms with Crippen LogP contribution in [0.3, 0.4) is 0 Å². The Kier molecular flexibility index (Phi) is 3.44. The Morgan fingerprint density at radius 3 is 3.14 bits per heavy atom. The lowest BCUT2D eigenvalue weighted by Crippen LogP contribution is -2.26. The summed E-state index contributed by atoms with van der Waals surface area (Å²) >= 11 is 0. The summed E-state index contributed by atoms with van der Waals surface area (Å²) in [6.45, 7) is 0.136. The lowest BCUT2D eigenvalue weighted by Gasteiger charge is -2.05. The molecular weight excluding hydrogens is 180 g/mol. The number of nitrogens with zero attached hydrogens (tertiary/aromatic N) is 2. The first-order chi connectivity index (χ1) is 6.77. The second kappa shape index (κ2) is 4.82. The number of nitriles is 1. The van der Waals surface area contributed by atoms with Crippen molar-refractivity contribution in [2.45, 2.75) is 0 Å². The summed E-state index contributed by atoms with van der Waals surface area (Å²) in [5, 5.41) is 14.0. The molecule has 0 aliphatic heterocycles. The van der Waals surface area contributed by atoms with E-state index < -0.39 is 0 Å². The summed E-state index contributed by atoms with van der Waals surface area (Å²) in [6.07, 6.45) is 1.53. The maximum atomic E-state index is 10.9. The van der Waals surface area contributed by atoms with E-state index in [4.69, 9.17) is 5.26 Å². The van der Waals surface area contributed by atoms with E-state index in [9.17, 15) is 4.79 Å². The van der Waals surface area contributed by atoms with Gasteiger partial charge in [0.25, 0.3) is 0 Å². The topological polar surface area (TPSA) is 77.8 Å². The van der Waals surface area contributed by atoms with Crippen LogP contribution >= 0.6 is 0 Å². The zero-order chi connectivity index (χ0) is 10.4. The molecule has 0 spiro atoms. The summed E-state index contributed by atoms with van der Waals surface area (Å²) < 4.78 is 0. The molecule has 0 bridgehead atoms. The Morgan fingerprint density at radius 1 is 1.71 bits per heavy atom. The molecule has 1 aromatic heterocycles. The number of hydrogen-bond donors (Lipinski definition) is 2. The highest BCUT2D eigenvalue weighted by atomic mass is 16.1. The second-order valence-corrected chi connectivity index (χ2v) is 2.54. The van der Waals surface area contributed by atoms with Gasteiger partial charge in [0.15, 0.2) is 5.69 Å². The molecular formula is C9H10N4O. The van der Waals surface area contributed by atoms with Crippen molar-refractivity contribution in [3.8, 4) is 6.07 Å². The minimum absolute atomic E-state index is 0.136. The Hall–Kier alpha value is -2.09. The first-order valence-corrected chi connectivity index (χ1v) is 4.07. The van der Waals surface area contributed by atoms with E-state index in [1.54, 1.807) is 19.2 Å². The highest BCUT2D eigenvalue weighted by molar-refractivity contribution is 5.80. The van der Waals surface area contributed by atoms with Crippen molar-refractivity contribution in [2.24, 2.45) is 0 Å². The highest BCUT2D eigenvalue weighted by Gasteiger charge is 2.02. The van der Waals surface area contributed by atoms with Gasteiger partial charge in [-0.1, -0.05) is 0 Å². The molecule has 1 aromatic rings. The molecule has 1 heterocycles. The number of carbonyl (C=O) groups is 1. The largest absolute Gasteiger partial charge is 0.374 e. The van der Waals surface area contributed by atoms with Gasteiger partial charge in [-0.15, -0.1) is 0 Å². The number of rotatable bonds is 3. The van der Waals surface area contributed by atoms with Crippen LogP contribution in [0.2, 0.25) is 0 Å². The molecule has 0 aromatic carbocycles. The average molecular weight is 190 g/mol. The molecule has 0 radical (unpaired) electrons. The molecule has 0 aliphatic carbocycles. The number of carbonyl (C=O) groups excluding carboxylic acids is 1. The van der Waals surface area contributed by atoms with Gasteiger partial charge in [0.1, 0.15) is 6.07 Å². The smallest absolute Gasteiger partial charge is 0.239 e. The van der Waals surface area contributed by atoms with E-state index >= 15 is 0 Å². The molecule has 0 atom stereocenters. The quantitative estimate of drug-likeness (QED) is 0.709. The molecule has 0 unspecified atom stereocenters. The van der Waals surface area contributed by atoms with Crippen molar-refractivity contribution in [3.05, 3.63) is 24.0 Å². The fourth-order valence-electron chi connectivity index (χ4n) is 0.901. The molecule has 0 aliphatic rings. The molecule has 0 saturated carbocycles. The van der Waals surface area contributed by atoms with Crippen LogP contribution in [-0.4, -0.2) is 24.5 Å². The average Bonchev–Trinajstić information content (AvgIpc) is 2.26. The molecule has 72 valence electrons. The summed E-state index contributed by atoms with van der Waals surface area (Å²) in [7, 11) is 1.55. The van der Waals surface area contributed by atoms with Gasteiger partial charge in [-0.2, -0.15) is 5.26 Å². The molecule has 0 saturated heterocycles. The van der Waals surface area contributed by atoms with Crippen LogP contribution in [0.15, 0.2) is 18.3 Å². The number of anilines is 1. The fraction of sp³-hybridized carbons (Fsp3) is 0.222. The monoisotopic (exact) mass is 190 g/mol. The van der Waals surface area contributed by atoms with Crippen LogP contribution in [0.25, 0.3) is 0 Å². The lowest BCUT2D eigenvalue weighted by molar-refractivity contribution is -0.118. The van der Waals surface area contributed by atoms with Crippen LogP contribution < -0.4 is 10.6 Å². The van der Waals surface area contributed by atoms with Crippen molar-refractivity contribution >= 4 is 11.6 Å². The van der Waals surface area contributed by atoms with Gasteiger partial charge in [-0.05, 0) is 12.1 Å². The van der Waals surface area contributed by atoms with Gasteiger partial charge in [0, 0.05) is 13.2 Å². The van der Waals surface area contributed by atoms with Crippen molar-refractivity contribution in [3.63, 3.8) is 0 Å². The molecule has 14 heavy (non-hydrogen) atoms. The van der Waals surface area contributed by atoms with E-state index in [1.165, 1.54) is 6.20 Å². The van der Waals surface area contributed by atoms with Crippen molar-refractivity contribution in [1.29, 1.82) is 5.26 Å². The SMILES string of the molecule is CNC(=O)CNc1cccnc1C#N. The third-order valence-corrected chi connectivity index (χ3v) is 1.63. The van der Waals surface area contributed by atoms with Gasteiger partial charge in [-0.3, -0.25) is 4.79 Å². The van der Waals surface area contributed by atoms with Crippen molar-refractivity contribution in [2.75, 3.05) is 18.9 Å². The molecule has 5 nitrogen and oxygen atoms in total. The van der Waals surface area contributed by atoms with Gasteiger partial charge >= 0.3 is 0 Å². The highest BCUT2D eigenvalue weighted by Crippen LogP contribution is 2.09. The number of aromatic nitrogens is 1. The van der Waals surface area contributed by atoms with Crippen molar-refractivity contribution < 1.29 is 4.79 Å². The fourth-order valence-corrected chi connectivity index (χ4v) is 0.901. The predicted octanol–water partition coefficient (Wildman–Crippen LogP) is 0.111. The van der Waals surface area contributed by atoms with Crippen LogP contribution in [0.1, 0.15) is 5.69 Å². The molecule has 1 amide bonds. The summed E-state index contributed by atoms with van der Waals surface area (Å²) in [5.41, 5.74) is 0.856. The summed E-state index contributed by atoms with van der Waals surface area (Å²) in [6, 6.07) is 5.34. The molecule has 0 fully saturated rings.